The van der Waals surface area contributed by atoms with Gasteiger partial charge in [-0.3, -0.25) is 0 Å². The van der Waals surface area contributed by atoms with Gasteiger partial charge in [-0.25, -0.2) is 4.79 Å². The molecule has 21 heavy (non-hydrogen) atoms. The number of hydrogen-bond acceptors (Lipinski definition) is 6. The molecule has 0 atom stereocenters. The van der Waals surface area contributed by atoms with Gasteiger partial charge in [-0.2, -0.15) is 9.67 Å². The van der Waals surface area contributed by atoms with Gasteiger partial charge in [0.25, 0.3) is 0 Å². The highest BCUT2D eigenvalue weighted by Gasteiger charge is 2.21. The zero-order valence-corrected chi connectivity index (χ0v) is 11.9. The van der Waals surface area contributed by atoms with Crippen molar-refractivity contribution in [3.05, 3.63) is 36.0 Å². The number of rotatable bonds is 6. The third-order valence-electron chi connectivity index (χ3n) is 2.53. The molecule has 0 aliphatic heterocycles. The van der Waals surface area contributed by atoms with E-state index in [2.05, 4.69) is 15.3 Å². The first-order valence-electron chi connectivity index (χ1n) is 6.60. The van der Waals surface area contributed by atoms with Crippen LogP contribution in [0.5, 0.6) is 0 Å². The molecule has 110 valence electrons. The van der Waals surface area contributed by atoms with E-state index in [1.807, 2.05) is 37.3 Å². The zero-order valence-electron chi connectivity index (χ0n) is 11.9. The van der Waals surface area contributed by atoms with Crippen LogP contribution in [0.3, 0.4) is 0 Å². The van der Waals surface area contributed by atoms with Gasteiger partial charge >= 0.3 is 5.97 Å². The molecule has 1 heterocycles. The molecule has 0 bridgehead atoms. The van der Waals surface area contributed by atoms with Crippen molar-refractivity contribution in [2.45, 2.75) is 13.8 Å². The highest BCUT2D eigenvalue weighted by atomic mass is 16.5. The second-order valence-electron chi connectivity index (χ2n) is 3.92. The summed E-state index contributed by atoms with van der Waals surface area (Å²) in [7, 11) is 0. The highest BCUT2D eigenvalue weighted by molar-refractivity contribution is 5.92. The summed E-state index contributed by atoms with van der Waals surface area (Å²) in [6, 6.07) is 9.27. The van der Waals surface area contributed by atoms with Crippen LogP contribution < -0.4 is 0 Å². The number of esters is 1. The molecule has 0 fully saturated rings. The average molecular weight is 288 g/mol. The van der Waals surface area contributed by atoms with Gasteiger partial charge in [-0.1, -0.05) is 23.4 Å². The van der Waals surface area contributed by atoms with E-state index in [-0.39, 0.29) is 18.1 Å². The molecular formula is C14H16N4O3. The second-order valence-corrected chi connectivity index (χ2v) is 3.92. The molecule has 0 spiro atoms. The lowest BCUT2D eigenvalue weighted by molar-refractivity contribution is 0.0520. The predicted molar refractivity (Wildman–Crippen MR) is 77.1 cm³/mol. The lowest BCUT2D eigenvalue weighted by Crippen LogP contribution is -2.06. The van der Waals surface area contributed by atoms with Crippen molar-refractivity contribution in [1.29, 1.82) is 0 Å². The van der Waals surface area contributed by atoms with Gasteiger partial charge in [0.05, 0.1) is 18.9 Å². The van der Waals surface area contributed by atoms with Gasteiger partial charge in [0.2, 0.25) is 5.69 Å². The van der Waals surface area contributed by atoms with E-state index in [0.717, 1.165) is 5.69 Å². The molecule has 1 aromatic carbocycles. The largest absolute Gasteiger partial charge is 0.483 e. The number of carbonyl (C=O) groups excluding carboxylic acids is 1. The van der Waals surface area contributed by atoms with Crippen molar-refractivity contribution in [2.24, 2.45) is 4.99 Å². The molecule has 0 amide bonds. The van der Waals surface area contributed by atoms with E-state index >= 15 is 0 Å². The van der Waals surface area contributed by atoms with Crippen molar-refractivity contribution in [2.75, 3.05) is 13.2 Å². The van der Waals surface area contributed by atoms with E-state index in [1.54, 1.807) is 6.92 Å². The van der Waals surface area contributed by atoms with E-state index in [4.69, 9.17) is 9.47 Å². The van der Waals surface area contributed by atoms with Crippen LogP contribution in [-0.2, 0) is 9.47 Å². The molecule has 0 saturated carbocycles. The standard InChI is InChI=1S/C14H16N4O3/c1-3-20-10-15-13-12(14(19)21-4-2)16-17-18(13)11-8-6-5-7-9-11/h5-10H,3-4H2,1-2H3. The van der Waals surface area contributed by atoms with Crippen molar-refractivity contribution in [1.82, 2.24) is 15.0 Å². The third-order valence-corrected chi connectivity index (χ3v) is 2.53. The van der Waals surface area contributed by atoms with E-state index in [0.29, 0.717) is 6.61 Å². The van der Waals surface area contributed by atoms with Crippen LogP contribution in [0.15, 0.2) is 35.3 Å². The van der Waals surface area contributed by atoms with E-state index < -0.39 is 5.97 Å². The number of nitrogens with zero attached hydrogens (tertiary/aromatic N) is 4. The molecule has 1 aromatic heterocycles. The van der Waals surface area contributed by atoms with Gasteiger partial charge in [-0.15, -0.1) is 5.10 Å². The lowest BCUT2D eigenvalue weighted by atomic mass is 10.3. The van der Waals surface area contributed by atoms with Crippen LogP contribution in [0.4, 0.5) is 5.82 Å². The number of carbonyl (C=O) groups is 1. The molecule has 0 radical (unpaired) electrons. The highest BCUT2D eigenvalue weighted by Crippen LogP contribution is 2.21. The molecule has 0 saturated heterocycles. The Bertz CT molecular complexity index is 622. The average Bonchev–Trinajstić information content (AvgIpc) is 2.93. The zero-order chi connectivity index (χ0) is 15.1. The predicted octanol–water partition coefficient (Wildman–Crippen LogP) is 2.14. The van der Waals surface area contributed by atoms with Gasteiger partial charge in [0, 0.05) is 0 Å². The maximum absolute atomic E-state index is 11.9. The smallest absolute Gasteiger partial charge is 0.362 e. The van der Waals surface area contributed by atoms with Gasteiger partial charge in [-0.05, 0) is 26.0 Å². The fourth-order valence-corrected chi connectivity index (χ4v) is 1.63. The Morgan fingerprint density at radius 1 is 1.29 bits per heavy atom. The first-order chi connectivity index (χ1) is 10.3. The Labute approximate surface area is 122 Å². The summed E-state index contributed by atoms with van der Waals surface area (Å²) in [5.74, 6) is -0.295. The Balaban J connectivity index is 2.43. The summed E-state index contributed by atoms with van der Waals surface area (Å²) in [4.78, 5) is 16.0. The van der Waals surface area contributed by atoms with E-state index in [1.165, 1.54) is 11.1 Å². The van der Waals surface area contributed by atoms with Crippen LogP contribution in [0, 0.1) is 0 Å². The number of hydrogen-bond donors (Lipinski definition) is 0. The second kappa shape index (κ2) is 7.18. The molecule has 7 heteroatoms. The number of para-hydroxylation sites is 1. The van der Waals surface area contributed by atoms with Crippen molar-refractivity contribution >= 4 is 18.2 Å². The Kier molecular flexibility index (Phi) is 5.03. The number of aliphatic imine (C=N–C) groups is 1. The van der Waals surface area contributed by atoms with Crippen LogP contribution in [0.25, 0.3) is 5.69 Å². The molecule has 0 N–H and O–H groups in total. The summed E-state index contributed by atoms with van der Waals surface area (Å²) in [5, 5.41) is 7.82. The van der Waals surface area contributed by atoms with Crippen LogP contribution >= 0.6 is 0 Å². The van der Waals surface area contributed by atoms with Gasteiger partial charge in [0.1, 0.15) is 0 Å². The van der Waals surface area contributed by atoms with Gasteiger partial charge in [0.15, 0.2) is 12.2 Å². The summed E-state index contributed by atoms with van der Waals surface area (Å²) in [6.45, 7) is 4.30. The molecule has 0 aliphatic rings. The summed E-state index contributed by atoms with van der Waals surface area (Å²) in [6.07, 6.45) is 1.26. The maximum atomic E-state index is 11.9. The minimum Gasteiger partial charge on any atom is -0.483 e. The normalized spacial score (nSPS) is 10.8. The number of ether oxygens (including phenoxy) is 2. The Morgan fingerprint density at radius 2 is 2.05 bits per heavy atom. The van der Waals surface area contributed by atoms with E-state index in [9.17, 15) is 4.79 Å². The van der Waals surface area contributed by atoms with Crippen molar-refractivity contribution in [3.63, 3.8) is 0 Å². The number of aromatic nitrogens is 3. The lowest BCUT2D eigenvalue weighted by Gasteiger charge is -2.03. The summed E-state index contributed by atoms with van der Waals surface area (Å²) >= 11 is 0. The van der Waals surface area contributed by atoms with Crippen LogP contribution in [0.1, 0.15) is 24.3 Å². The molecule has 0 unspecified atom stereocenters. The third kappa shape index (κ3) is 3.44. The minimum absolute atomic E-state index is 0.0525. The first-order valence-corrected chi connectivity index (χ1v) is 6.60. The molecule has 2 aromatic rings. The van der Waals surface area contributed by atoms with Crippen molar-refractivity contribution in [3.8, 4) is 5.69 Å². The SMILES string of the molecule is CCOC=Nc1c(C(=O)OCC)nnn1-c1ccccc1. The molecule has 2 rings (SSSR count). The molecular weight excluding hydrogens is 272 g/mol. The Morgan fingerprint density at radius 3 is 2.71 bits per heavy atom. The fraction of sp³-hybridized carbons (Fsp3) is 0.286. The summed E-state index contributed by atoms with van der Waals surface area (Å²) < 4.78 is 11.5. The quantitative estimate of drug-likeness (QED) is 0.462. The maximum Gasteiger partial charge on any atom is 0.362 e. The molecule has 7 nitrogen and oxygen atoms in total. The van der Waals surface area contributed by atoms with Crippen LogP contribution in [-0.4, -0.2) is 40.6 Å². The van der Waals surface area contributed by atoms with Gasteiger partial charge < -0.3 is 9.47 Å². The topological polar surface area (TPSA) is 78.6 Å². The minimum atomic E-state index is -0.566. The van der Waals surface area contributed by atoms with Crippen molar-refractivity contribution < 1.29 is 14.3 Å². The molecule has 0 aliphatic carbocycles. The fourth-order valence-electron chi connectivity index (χ4n) is 1.63. The monoisotopic (exact) mass is 288 g/mol. The first kappa shape index (κ1) is 14.7. The number of benzene rings is 1. The van der Waals surface area contributed by atoms with Crippen LogP contribution in [0.2, 0.25) is 0 Å². The summed E-state index contributed by atoms with van der Waals surface area (Å²) in [5.41, 5.74) is 0.792. The Hall–Kier alpha value is -2.70.